The van der Waals surface area contributed by atoms with E-state index in [4.69, 9.17) is 0 Å². The largest absolute Gasteiger partial charge is 0.351 e. The number of amides is 2. The molecule has 1 N–H and O–H groups in total. The maximum atomic E-state index is 13.8. The lowest BCUT2D eigenvalue weighted by atomic mass is 9.92. The summed E-state index contributed by atoms with van der Waals surface area (Å²) in [5.41, 5.74) is 0.804. The third kappa shape index (κ3) is 5.23. The number of fused-ring (bicyclic) bond motifs is 3. The van der Waals surface area contributed by atoms with Crippen molar-refractivity contribution in [3.05, 3.63) is 30.1 Å². The van der Waals surface area contributed by atoms with Gasteiger partial charge in [0.2, 0.25) is 5.91 Å². The average Bonchev–Trinajstić information content (AvgIpc) is 3.16. The molecule has 6 nitrogen and oxygen atoms in total. The van der Waals surface area contributed by atoms with Crippen LogP contribution in [0.3, 0.4) is 0 Å². The molecule has 0 bridgehead atoms. The van der Waals surface area contributed by atoms with Gasteiger partial charge in [-0.05, 0) is 56.2 Å². The van der Waals surface area contributed by atoms with Crippen LogP contribution < -0.4 is 5.32 Å². The summed E-state index contributed by atoms with van der Waals surface area (Å²) in [5, 5.41) is 3.36. The van der Waals surface area contributed by atoms with Crippen LogP contribution in [0, 0.1) is 0 Å². The zero-order valence-corrected chi connectivity index (χ0v) is 21.0. The fraction of sp³-hybridized carbons (Fsp3) is 0.654. The summed E-state index contributed by atoms with van der Waals surface area (Å²) in [7, 11) is 0. The molecule has 180 valence electrons. The molecule has 0 spiro atoms. The quantitative estimate of drug-likeness (QED) is 0.551. The standard InChI is InChI=1S/C26H38N4O2S/c1-3-17-33-18-11-16-30-24(31)23-28-21-14-9-10-15-22(21)29(23)19-26(30,2)25(32)27-20-12-7-5-4-6-8-13-20/h9-10,14-15,20H,3-8,11-13,16-19H2,1-2H3,(H,27,32). The summed E-state index contributed by atoms with van der Waals surface area (Å²) in [6.45, 7) is 5.14. The van der Waals surface area contributed by atoms with Gasteiger partial charge in [0.1, 0.15) is 5.54 Å². The van der Waals surface area contributed by atoms with Crippen LogP contribution in [0.25, 0.3) is 11.0 Å². The number of hydrogen-bond donors (Lipinski definition) is 1. The Labute approximate surface area is 201 Å². The van der Waals surface area contributed by atoms with Gasteiger partial charge >= 0.3 is 0 Å². The Morgan fingerprint density at radius 3 is 2.64 bits per heavy atom. The highest BCUT2D eigenvalue weighted by atomic mass is 32.2. The third-order valence-electron chi connectivity index (χ3n) is 7.10. The summed E-state index contributed by atoms with van der Waals surface area (Å²) in [6, 6.07) is 8.03. The Hall–Kier alpha value is -2.02. The molecule has 1 saturated carbocycles. The summed E-state index contributed by atoms with van der Waals surface area (Å²) >= 11 is 1.91. The molecule has 4 rings (SSSR count). The number of nitrogens with one attached hydrogen (secondary N) is 1. The van der Waals surface area contributed by atoms with Crippen LogP contribution in [0.5, 0.6) is 0 Å². The zero-order chi connectivity index (χ0) is 23.3. The van der Waals surface area contributed by atoms with Gasteiger partial charge in [-0.1, -0.05) is 51.2 Å². The number of carbonyl (C=O) groups excluding carboxylic acids is 2. The number of aromatic nitrogens is 2. The van der Waals surface area contributed by atoms with Crippen molar-refractivity contribution in [1.29, 1.82) is 0 Å². The predicted molar refractivity (Wildman–Crippen MR) is 136 cm³/mol. The van der Waals surface area contributed by atoms with Crippen LogP contribution in [0.4, 0.5) is 0 Å². The van der Waals surface area contributed by atoms with Crippen LogP contribution >= 0.6 is 11.8 Å². The third-order valence-corrected chi connectivity index (χ3v) is 8.38. The first-order chi connectivity index (χ1) is 16.0. The minimum absolute atomic E-state index is 0.0222. The van der Waals surface area contributed by atoms with Crippen molar-refractivity contribution in [3.63, 3.8) is 0 Å². The Morgan fingerprint density at radius 1 is 1.15 bits per heavy atom. The molecular weight excluding hydrogens is 432 g/mol. The normalized spacial score (nSPS) is 22.1. The van der Waals surface area contributed by atoms with E-state index in [1.54, 1.807) is 4.90 Å². The van der Waals surface area contributed by atoms with Crippen molar-refractivity contribution in [2.45, 2.75) is 89.8 Å². The van der Waals surface area contributed by atoms with Gasteiger partial charge < -0.3 is 14.8 Å². The Balaban J connectivity index is 1.59. The SMILES string of the molecule is CCCSCCCN1C(=O)c2nc3ccccc3n2CC1(C)C(=O)NC1CCCCCCC1. The van der Waals surface area contributed by atoms with Gasteiger partial charge in [0.05, 0.1) is 17.6 Å². The van der Waals surface area contributed by atoms with Crippen LogP contribution in [0.15, 0.2) is 24.3 Å². The van der Waals surface area contributed by atoms with E-state index in [-0.39, 0.29) is 17.9 Å². The van der Waals surface area contributed by atoms with Crippen LogP contribution in [0.2, 0.25) is 0 Å². The topological polar surface area (TPSA) is 67.2 Å². The molecule has 2 heterocycles. The summed E-state index contributed by atoms with van der Waals surface area (Å²) in [6.07, 6.45) is 10.2. The highest BCUT2D eigenvalue weighted by Crippen LogP contribution is 2.31. The van der Waals surface area contributed by atoms with Gasteiger partial charge in [0.15, 0.2) is 5.82 Å². The lowest BCUT2D eigenvalue weighted by Crippen LogP contribution is -2.65. The van der Waals surface area contributed by atoms with E-state index in [2.05, 4.69) is 17.2 Å². The Morgan fingerprint density at radius 2 is 1.88 bits per heavy atom. The van der Waals surface area contributed by atoms with Crippen LogP contribution in [0.1, 0.15) is 82.3 Å². The monoisotopic (exact) mass is 470 g/mol. The number of para-hydroxylation sites is 2. The fourth-order valence-corrected chi connectivity index (χ4v) is 6.02. The molecular formula is C26H38N4O2S. The molecule has 2 aromatic rings. The second-order valence-corrected chi connectivity index (χ2v) is 10.9. The van der Waals surface area contributed by atoms with Gasteiger partial charge in [0.25, 0.3) is 5.91 Å². The number of benzene rings is 1. The summed E-state index contributed by atoms with van der Waals surface area (Å²) in [4.78, 5) is 33.9. The van der Waals surface area contributed by atoms with E-state index < -0.39 is 5.54 Å². The molecule has 1 aromatic carbocycles. The van der Waals surface area contributed by atoms with Crippen molar-refractivity contribution in [2.24, 2.45) is 0 Å². The average molecular weight is 471 g/mol. The number of hydrogen-bond acceptors (Lipinski definition) is 4. The fourth-order valence-electron chi connectivity index (χ4n) is 5.19. The van der Waals surface area contributed by atoms with Crippen molar-refractivity contribution in [2.75, 3.05) is 18.1 Å². The molecule has 1 aliphatic heterocycles. The number of thioether (sulfide) groups is 1. The van der Waals surface area contributed by atoms with Crippen molar-refractivity contribution in [3.8, 4) is 0 Å². The van der Waals surface area contributed by atoms with Gasteiger partial charge in [0, 0.05) is 12.6 Å². The number of imidazole rings is 1. The summed E-state index contributed by atoms with van der Waals surface area (Å²) < 4.78 is 1.96. The maximum absolute atomic E-state index is 13.8. The predicted octanol–water partition coefficient (Wildman–Crippen LogP) is 5.01. The summed E-state index contributed by atoms with van der Waals surface area (Å²) in [5.74, 6) is 2.42. The molecule has 7 heteroatoms. The van der Waals surface area contributed by atoms with E-state index in [0.717, 1.165) is 61.1 Å². The molecule has 1 fully saturated rings. The minimum atomic E-state index is -0.925. The lowest BCUT2D eigenvalue weighted by molar-refractivity contribution is -0.133. The first-order valence-electron chi connectivity index (χ1n) is 12.7. The molecule has 2 aliphatic rings. The van der Waals surface area contributed by atoms with E-state index >= 15 is 0 Å². The van der Waals surface area contributed by atoms with Gasteiger partial charge in [-0.25, -0.2) is 4.98 Å². The number of rotatable bonds is 8. The lowest BCUT2D eigenvalue weighted by Gasteiger charge is -2.44. The minimum Gasteiger partial charge on any atom is -0.351 e. The highest BCUT2D eigenvalue weighted by molar-refractivity contribution is 7.99. The van der Waals surface area contributed by atoms with Crippen molar-refractivity contribution < 1.29 is 9.59 Å². The maximum Gasteiger partial charge on any atom is 0.290 e. The van der Waals surface area contributed by atoms with Crippen LogP contribution in [-0.4, -0.2) is 55.9 Å². The van der Waals surface area contributed by atoms with E-state index in [1.165, 1.54) is 19.3 Å². The number of nitrogens with zero attached hydrogens (tertiary/aromatic N) is 3. The Kier molecular flexibility index (Phi) is 7.99. The molecule has 1 aliphatic carbocycles. The molecule has 33 heavy (non-hydrogen) atoms. The second kappa shape index (κ2) is 10.9. The Bertz CT molecular complexity index is 966. The van der Waals surface area contributed by atoms with Crippen LogP contribution in [-0.2, 0) is 11.3 Å². The molecule has 1 unspecified atom stereocenters. The molecule has 0 saturated heterocycles. The molecule has 0 radical (unpaired) electrons. The second-order valence-electron chi connectivity index (χ2n) is 9.72. The van der Waals surface area contributed by atoms with E-state index in [1.807, 2.05) is 47.5 Å². The zero-order valence-electron chi connectivity index (χ0n) is 20.1. The van der Waals surface area contributed by atoms with Crippen molar-refractivity contribution >= 4 is 34.6 Å². The van der Waals surface area contributed by atoms with Crippen molar-refractivity contribution in [1.82, 2.24) is 19.8 Å². The molecule has 1 atom stereocenters. The van der Waals surface area contributed by atoms with Gasteiger partial charge in [-0.3, -0.25) is 9.59 Å². The smallest absolute Gasteiger partial charge is 0.290 e. The van der Waals surface area contributed by atoms with E-state index in [9.17, 15) is 9.59 Å². The first-order valence-corrected chi connectivity index (χ1v) is 13.9. The first kappa shape index (κ1) is 24.1. The molecule has 1 aromatic heterocycles. The van der Waals surface area contributed by atoms with Gasteiger partial charge in [-0.2, -0.15) is 11.8 Å². The number of carbonyl (C=O) groups is 2. The highest BCUT2D eigenvalue weighted by Gasteiger charge is 2.48. The van der Waals surface area contributed by atoms with E-state index in [0.29, 0.717) is 18.9 Å². The molecule has 2 amide bonds. The van der Waals surface area contributed by atoms with Gasteiger partial charge in [-0.15, -0.1) is 0 Å².